The smallest absolute Gasteiger partial charge is 0.346 e. The lowest BCUT2D eigenvalue weighted by atomic mass is 10.2. The molecule has 1 aliphatic heterocycles. The Morgan fingerprint density at radius 2 is 2.10 bits per heavy atom. The molecule has 2 rings (SSSR count). The van der Waals surface area contributed by atoms with Crippen molar-refractivity contribution >= 4 is 23.5 Å². The number of aliphatic carboxylic acids is 1. The van der Waals surface area contributed by atoms with Gasteiger partial charge in [-0.3, -0.25) is 9.59 Å². The summed E-state index contributed by atoms with van der Waals surface area (Å²) in [5.74, 6) is -1.52. The zero-order chi connectivity index (χ0) is 14.7. The van der Waals surface area contributed by atoms with Crippen LogP contribution in [0.2, 0.25) is 0 Å². The Bertz CT molecular complexity index is 557. The quantitative estimate of drug-likeness (QED) is 0.811. The summed E-state index contributed by atoms with van der Waals surface area (Å²) in [5.41, 5.74) is 0.500. The maximum absolute atomic E-state index is 12.1. The number of carboxylic acids is 1. The average molecular weight is 278 g/mol. The first-order valence-electron chi connectivity index (χ1n) is 6.02. The predicted octanol–water partition coefficient (Wildman–Crippen LogP) is 0.00130. The van der Waals surface area contributed by atoms with Gasteiger partial charge < -0.3 is 20.1 Å². The van der Waals surface area contributed by atoms with Crippen LogP contribution in [0.15, 0.2) is 24.3 Å². The third kappa shape index (κ3) is 2.87. The lowest BCUT2D eigenvalue weighted by Crippen LogP contribution is -2.49. The molecule has 0 bridgehead atoms. The van der Waals surface area contributed by atoms with Gasteiger partial charge in [0.05, 0.1) is 18.8 Å². The number of nitrogens with one attached hydrogen (secondary N) is 1. The maximum atomic E-state index is 12.1. The van der Waals surface area contributed by atoms with Crippen LogP contribution >= 0.6 is 0 Å². The second-order valence-electron chi connectivity index (χ2n) is 4.33. The van der Waals surface area contributed by atoms with Crippen molar-refractivity contribution in [1.82, 2.24) is 5.32 Å². The van der Waals surface area contributed by atoms with Gasteiger partial charge in [-0.15, -0.1) is 0 Å². The number of carbonyl (C=O) groups excluding carboxylic acids is 2. The number of fused-ring (bicyclic) bond motifs is 1. The molecule has 1 heterocycles. The van der Waals surface area contributed by atoms with E-state index in [1.165, 1.54) is 11.8 Å². The standard InChI is InChI=1S/C13H14N2O5/c1-8(16)14-6-12(17)15-7-11(13(18)19)20-10-5-3-2-4-9(10)15/h2-5,11H,6-7H2,1H3,(H,14,16)(H,18,19). The molecule has 0 radical (unpaired) electrons. The largest absolute Gasteiger partial charge is 0.478 e. The number of carbonyl (C=O) groups is 3. The zero-order valence-electron chi connectivity index (χ0n) is 10.8. The summed E-state index contributed by atoms with van der Waals surface area (Å²) in [5, 5.41) is 11.4. The molecular weight excluding hydrogens is 264 g/mol. The van der Waals surface area contributed by atoms with E-state index >= 15 is 0 Å². The molecule has 7 heteroatoms. The number of rotatable bonds is 3. The Balaban J connectivity index is 2.24. The van der Waals surface area contributed by atoms with E-state index in [1.807, 2.05) is 0 Å². The molecule has 1 unspecified atom stereocenters. The number of benzene rings is 1. The highest BCUT2D eigenvalue weighted by atomic mass is 16.5. The Kier molecular flexibility index (Phi) is 3.88. The second kappa shape index (κ2) is 5.60. The predicted molar refractivity (Wildman–Crippen MR) is 69.5 cm³/mol. The van der Waals surface area contributed by atoms with Crippen molar-refractivity contribution < 1.29 is 24.2 Å². The Morgan fingerprint density at radius 3 is 2.75 bits per heavy atom. The van der Waals surface area contributed by atoms with Gasteiger partial charge >= 0.3 is 5.97 Å². The first-order valence-corrected chi connectivity index (χ1v) is 6.02. The minimum absolute atomic E-state index is 0.0925. The van der Waals surface area contributed by atoms with Crippen molar-refractivity contribution in [3.63, 3.8) is 0 Å². The van der Waals surface area contributed by atoms with E-state index in [1.54, 1.807) is 24.3 Å². The van der Waals surface area contributed by atoms with Crippen LogP contribution in [0, 0.1) is 0 Å². The fourth-order valence-corrected chi connectivity index (χ4v) is 1.89. The van der Waals surface area contributed by atoms with Crippen LogP contribution in [0.1, 0.15) is 6.92 Å². The summed E-state index contributed by atoms with van der Waals surface area (Å²) in [6, 6.07) is 6.68. The molecule has 7 nitrogen and oxygen atoms in total. The lowest BCUT2D eigenvalue weighted by Gasteiger charge is -2.33. The minimum atomic E-state index is -1.14. The molecule has 0 saturated heterocycles. The highest BCUT2D eigenvalue weighted by Crippen LogP contribution is 2.33. The molecule has 1 aliphatic rings. The van der Waals surface area contributed by atoms with E-state index in [9.17, 15) is 14.4 Å². The van der Waals surface area contributed by atoms with Crippen LogP contribution in [0.5, 0.6) is 5.75 Å². The van der Waals surface area contributed by atoms with Gasteiger partial charge in [0.1, 0.15) is 5.75 Å². The molecule has 20 heavy (non-hydrogen) atoms. The first kappa shape index (κ1) is 13.9. The molecule has 1 atom stereocenters. The highest BCUT2D eigenvalue weighted by molar-refractivity contribution is 5.99. The normalized spacial score (nSPS) is 16.9. The maximum Gasteiger partial charge on any atom is 0.346 e. The fourth-order valence-electron chi connectivity index (χ4n) is 1.89. The molecule has 1 aromatic carbocycles. The molecule has 0 fully saturated rings. The number of hydrogen-bond acceptors (Lipinski definition) is 4. The number of carboxylic acid groups (broad SMARTS) is 1. The van der Waals surface area contributed by atoms with Gasteiger partial charge in [-0.25, -0.2) is 4.79 Å². The molecular formula is C13H14N2O5. The Hall–Kier alpha value is -2.57. The molecule has 0 aromatic heterocycles. The van der Waals surface area contributed by atoms with Gasteiger partial charge in [-0.05, 0) is 12.1 Å². The van der Waals surface area contributed by atoms with Gasteiger partial charge in [-0.1, -0.05) is 12.1 Å². The molecule has 2 N–H and O–H groups in total. The van der Waals surface area contributed by atoms with Crippen molar-refractivity contribution in [2.45, 2.75) is 13.0 Å². The summed E-state index contributed by atoms with van der Waals surface area (Å²) in [6.45, 7) is 1.03. The van der Waals surface area contributed by atoms with Gasteiger partial charge in [0.15, 0.2) is 0 Å². The SMILES string of the molecule is CC(=O)NCC(=O)N1CC(C(=O)O)Oc2ccccc21. The van der Waals surface area contributed by atoms with Gasteiger partial charge in [0, 0.05) is 6.92 Å². The van der Waals surface area contributed by atoms with E-state index in [4.69, 9.17) is 9.84 Å². The summed E-state index contributed by atoms with van der Waals surface area (Å²) in [4.78, 5) is 35.3. The molecule has 0 aliphatic carbocycles. The topological polar surface area (TPSA) is 95.9 Å². The molecule has 106 valence electrons. The Labute approximate surface area is 115 Å². The van der Waals surface area contributed by atoms with Crippen LogP contribution in [-0.4, -0.2) is 42.1 Å². The Morgan fingerprint density at radius 1 is 1.40 bits per heavy atom. The summed E-state index contributed by atoms with van der Waals surface area (Å²) < 4.78 is 5.32. The van der Waals surface area contributed by atoms with Crippen molar-refractivity contribution in [2.24, 2.45) is 0 Å². The van der Waals surface area contributed by atoms with Crippen LogP contribution in [0.3, 0.4) is 0 Å². The van der Waals surface area contributed by atoms with Gasteiger partial charge in [0.2, 0.25) is 17.9 Å². The average Bonchev–Trinajstić information content (AvgIpc) is 2.43. The summed E-state index contributed by atoms with van der Waals surface area (Å²) >= 11 is 0. The molecule has 0 spiro atoms. The molecule has 0 saturated carbocycles. The highest BCUT2D eigenvalue weighted by Gasteiger charge is 2.33. The molecule has 2 amide bonds. The number of ether oxygens (including phenoxy) is 1. The summed E-state index contributed by atoms with van der Waals surface area (Å²) in [7, 11) is 0. The first-order chi connectivity index (χ1) is 9.49. The van der Waals surface area contributed by atoms with Crippen molar-refractivity contribution in [3.8, 4) is 5.75 Å². The number of nitrogens with zero attached hydrogens (tertiary/aromatic N) is 1. The van der Waals surface area contributed by atoms with E-state index in [0.717, 1.165) is 0 Å². The number of para-hydroxylation sites is 2. The monoisotopic (exact) mass is 278 g/mol. The lowest BCUT2D eigenvalue weighted by molar-refractivity contribution is -0.145. The summed E-state index contributed by atoms with van der Waals surface area (Å²) in [6.07, 6.45) is -1.12. The van der Waals surface area contributed by atoms with Crippen LogP contribution in [0.4, 0.5) is 5.69 Å². The number of hydrogen-bond donors (Lipinski definition) is 2. The van der Waals surface area contributed by atoms with Gasteiger partial charge in [-0.2, -0.15) is 0 Å². The third-order valence-electron chi connectivity index (χ3n) is 2.84. The fraction of sp³-hybridized carbons (Fsp3) is 0.308. The van der Waals surface area contributed by atoms with E-state index in [-0.39, 0.29) is 24.9 Å². The van der Waals surface area contributed by atoms with E-state index < -0.39 is 12.1 Å². The second-order valence-corrected chi connectivity index (χ2v) is 4.33. The molecule has 1 aromatic rings. The van der Waals surface area contributed by atoms with Crippen molar-refractivity contribution in [1.29, 1.82) is 0 Å². The van der Waals surface area contributed by atoms with Crippen LogP contribution in [-0.2, 0) is 14.4 Å². The van der Waals surface area contributed by atoms with Gasteiger partial charge in [0.25, 0.3) is 0 Å². The van der Waals surface area contributed by atoms with Crippen LogP contribution in [0.25, 0.3) is 0 Å². The van der Waals surface area contributed by atoms with Crippen molar-refractivity contribution in [2.75, 3.05) is 18.0 Å². The van der Waals surface area contributed by atoms with Crippen molar-refractivity contribution in [3.05, 3.63) is 24.3 Å². The zero-order valence-corrected chi connectivity index (χ0v) is 10.8. The van der Waals surface area contributed by atoms with Crippen LogP contribution < -0.4 is 15.0 Å². The van der Waals surface area contributed by atoms with E-state index in [2.05, 4.69) is 5.32 Å². The minimum Gasteiger partial charge on any atom is -0.478 e. The third-order valence-corrected chi connectivity index (χ3v) is 2.84. The number of amides is 2. The number of anilines is 1. The van der Waals surface area contributed by atoms with E-state index in [0.29, 0.717) is 11.4 Å².